The van der Waals surface area contributed by atoms with E-state index in [0.717, 1.165) is 6.42 Å². The number of allylic oxidation sites excluding steroid dienone is 1. The maximum atomic E-state index is 2.42. The molecule has 1 atom stereocenters. The van der Waals surface area contributed by atoms with Gasteiger partial charge in [-0.05, 0) is 58.2 Å². The van der Waals surface area contributed by atoms with Crippen LogP contribution < -0.4 is 0 Å². The molecule has 0 radical (unpaired) electrons. The molecule has 0 bridgehead atoms. The highest BCUT2D eigenvalue weighted by Crippen LogP contribution is 2.42. The Hall–Kier alpha value is -2.34. The van der Waals surface area contributed by atoms with E-state index in [-0.39, 0.29) is 0 Å². The first-order valence-corrected chi connectivity index (χ1v) is 8.16. The molecule has 0 nitrogen and oxygen atoms in total. The van der Waals surface area contributed by atoms with E-state index in [1.165, 1.54) is 40.3 Å². The second-order valence-corrected chi connectivity index (χ2v) is 6.65. The number of benzene rings is 3. The zero-order chi connectivity index (χ0) is 14.5. The SMILES string of the molecule is C1=C(CC2Cc3cccc4cccc2c34)Cc2ccccc21. The van der Waals surface area contributed by atoms with Crippen LogP contribution in [0.25, 0.3) is 16.8 Å². The third kappa shape index (κ3) is 1.77. The second-order valence-electron chi connectivity index (χ2n) is 6.65. The zero-order valence-electron chi connectivity index (χ0n) is 12.5. The molecule has 0 aromatic heterocycles. The van der Waals surface area contributed by atoms with E-state index in [1.54, 1.807) is 11.1 Å². The summed E-state index contributed by atoms with van der Waals surface area (Å²) in [5, 5.41) is 2.92. The van der Waals surface area contributed by atoms with Gasteiger partial charge in [-0.15, -0.1) is 0 Å². The fourth-order valence-corrected chi connectivity index (χ4v) is 4.32. The first kappa shape index (κ1) is 12.2. The van der Waals surface area contributed by atoms with Gasteiger partial charge in [-0.1, -0.05) is 72.3 Å². The monoisotopic (exact) mass is 282 g/mol. The van der Waals surface area contributed by atoms with Crippen LogP contribution in [0.1, 0.15) is 34.6 Å². The normalized spacial score (nSPS) is 18.5. The number of rotatable bonds is 2. The van der Waals surface area contributed by atoms with E-state index in [9.17, 15) is 0 Å². The summed E-state index contributed by atoms with van der Waals surface area (Å²) < 4.78 is 0. The lowest BCUT2D eigenvalue weighted by Gasteiger charge is -2.12. The third-order valence-electron chi connectivity index (χ3n) is 5.27. The van der Waals surface area contributed by atoms with Gasteiger partial charge in [0, 0.05) is 0 Å². The van der Waals surface area contributed by atoms with Crippen molar-refractivity contribution in [2.24, 2.45) is 0 Å². The summed E-state index contributed by atoms with van der Waals surface area (Å²) in [5.41, 5.74) is 7.60. The molecule has 0 spiro atoms. The van der Waals surface area contributed by atoms with Crippen molar-refractivity contribution in [1.82, 2.24) is 0 Å². The van der Waals surface area contributed by atoms with Gasteiger partial charge in [0.25, 0.3) is 0 Å². The largest absolute Gasteiger partial charge is 0.0646 e. The highest BCUT2D eigenvalue weighted by atomic mass is 14.3. The maximum absolute atomic E-state index is 2.42. The predicted molar refractivity (Wildman–Crippen MR) is 93.1 cm³/mol. The van der Waals surface area contributed by atoms with Crippen molar-refractivity contribution in [1.29, 1.82) is 0 Å². The standard InChI is InChI=1S/C22H18/c1-2-6-18-12-15(11-17(18)5-1)13-20-14-19-9-3-7-16-8-4-10-21(20)22(16)19/h1-11,20H,12-14H2. The highest BCUT2D eigenvalue weighted by molar-refractivity contribution is 5.91. The fraction of sp³-hybridized carbons (Fsp3) is 0.182. The lowest BCUT2D eigenvalue weighted by Crippen LogP contribution is -1.98. The molecule has 0 amide bonds. The molecule has 0 saturated carbocycles. The first-order chi connectivity index (χ1) is 10.9. The van der Waals surface area contributed by atoms with E-state index >= 15 is 0 Å². The quantitative estimate of drug-likeness (QED) is 0.581. The zero-order valence-corrected chi connectivity index (χ0v) is 12.5. The van der Waals surface area contributed by atoms with Gasteiger partial charge in [0.2, 0.25) is 0 Å². The van der Waals surface area contributed by atoms with Crippen molar-refractivity contribution < 1.29 is 0 Å². The summed E-state index contributed by atoms with van der Waals surface area (Å²) in [6.45, 7) is 0. The number of fused-ring (bicyclic) bond motifs is 1. The lowest BCUT2D eigenvalue weighted by atomic mass is 9.92. The molecule has 0 aliphatic heterocycles. The van der Waals surface area contributed by atoms with Crippen LogP contribution in [0.3, 0.4) is 0 Å². The molecule has 22 heavy (non-hydrogen) atoms. The molecule has 5 rings (SSSR count). The smallest absolute Gasteiger partial charge is 0.00576 e. The van der Waals surface area contributed by atoms with Gasteiger partial charge < -0.3 is 0 Å². The third-order valence-corrected chi connectivity index (χ3v) is 5.27. The molecule has 3 aromatic rings. The molecule has 0 heteroatoms. The summed E-state index contributed by atoms with van der Waals surface area (Å²) in [4.78, 5) is 0. The van der Waals surface area contributed by atoms with Crippen LogP contribution in [0.5, 0.6) is 0 Å². The first-order valence-electron chi connectivity index (χ1n) is 8.16. The minimum Gasteiger partial charge on any atom is -0.0646 e. The maximum Gasteiger partial charge on any atom is -0.00576 e. The molecule has 0 N–H and O–H groups in total. The second kappa shape index (κ2) is 4.58. The average molecular weight is 282 g/mol. The predicted octanol–water partition coefficient (Wildman–Crippen LogP) is 5.51. The van der Waals surface area contributed by atoms with Crippen molar-refractivity contribution in [3.05, 3.63) is 88.5 Å². The Kier molecular flexibility index (Phi) is 2.54. The molecule has 0 saturated heterocycles. The van der Waals surface area contributed by atoms with Gasteiger partial charge in [-0.3, -0.25) is 0 Å². The van der Waals surface area contributed by atoms with Gasteiger partial charge in [0.15, 0.2) is 0 Å². The Morgan fingerprint density at radius 2 is 1.64 bits per heavy atom. The molecule has 0 fully saturated rings. The summed E-state index contributed by atoms with van der Waals surface area (Å²) in [7, 11) is 0. The fourth-order valence-electron chi connectivity index (χ4n) is 4.32. The molecular formula is C22H18. The van der Waals surface area contributed by atoms with Gasteiger partial charge in [-0.25, -0.2) is 0 Å². The molecule has 3 aromatic carbocycles. The lowest BCUT2D eigenvalue weighted by molar-refractivity contribution is 0.698. The molecule has 1 unspecified atom stereocenters. The summed E-state index contributed by atoms with van der Waals surface area (Å²) >= 11 is 0. The van der Waals surface area contributed by atoms with Gasteiger partial charge in [0.05, 0.1) is 0 Å². The van der Waals surface area contributed by atoms with Gasteiger partial charge in [0.1, 0.15) is 0 Å². The summed E-state index contributed by atoms with van der Waals surface area (Å²) in [5.74, 6) is 0.654. The van der Waals surface area contributed by atoms with Crippen LogP contribution in [0.15, 0.2) is 66.2 Å². The van der Waals surface area contributed by atoms with Gasteiger partial charge >= 0.3 is 0 Å². The highest BCUT2D eigenvalue weighted by Gasteiger charge is 2.26. The number of hydrogen-bond acceptors (Lipinski definition) is 0. The van der Waals surface area contributed by atoms with Crippen molar-refractivity contribution in [3.8, 4) is 0 Å². The Balaban J connectivity index is 1.49. The van der Waals surface area contributed by atoms with Crippen LogP contribution in [-0.2, 0) is 12.8 Å². The Labute approximate surface area is 131 Å². The summed E-state index contributed by atoms with van der Waals surface area (Å²) in [6.07, 6.45) is 5.95. The van der Waals surface area contributed by atoms with E-state index in [0.29, 0.717) is 5.92 Å². The van der Waals surface area contributed by atoms with Crippen LogP contribution in [0.4, 0.5) is 0 Å². The van der Waals surface area contributed by atoms with Crippen LogP contribution in [0.2, 0.25) is 0 Å². The Bertz CT molecular complexity index is 909. The van der Waals surface area contributed by atoms with Crippen LogP contribution >= 0.6 is 0 Å². The van der Waals surface area contributed by atoms with E-state index in [1.807, 2.05) is 0 Å². The number of hydrogen-bond donors (Lipinski definition) is 0. The molecular weight excluding hydrogens is 264 g/mol. The van der Waals surface area contributed by atoms with E-state index in [2.05, 4.69) is 66.7 Å². The van der Waals surface area contributed by atoms with Crippen molar-refractivity contribution in [3.63, 3.8) is 0 Å². The van der Waals surface area contributed by atoms with Crippen LogP contribution in [0, 0.1) is 0 Å². The average Bonchev–Trinajstić information content (AvgIpc) is 3.11. The topological polar surface area (TPSA) is 0 Å². The van der Waals surface area contributed by atoms with Crippen molar-refractivity contribution in [2.45, 2.75) is 25.2 Å². The van der Waals surface area contributed by atoms with Crippen LogP contribution in [-0.4, -0.2) is 0 Å². The Morgan fingerprint density at radius 3 is 2.55 bits per heavy atom. The van der Waals surface area contributed by atoms with Crippen molar-refractivity contribution >= 4 is 16.8 Å². The van der Waals surface area contributed by atoms with E-state index in [4.69, 9.17) is 0 Å². The molecule has 0 heterocycles. The van der Waals surface area contributed by atoms with Gasteiger partial charge in [-0.2, -0.15) is 0 Å². The molecule has 106 valence electrons. The van der Waals surface area contributed by atoms with Crippen molar-refractivity contribution in [2.75, 3.05) is 0 Å². The molecule has 2 aliphatic rings. The summed E-state index contributed by atoms with van der Waals surface area (Å²) in [6, 6.07) is 22.4. The Morgan fingerprint density at radius 1 is 0.818 bits per heavy atom. The van der Waals surface area contributed by atoms with E-state index < -0.39 is 0 Å². The molecule has 2 aliphatic carbocycles. The minimum absolute atomic E-state index is 0.654. The minimum atomic E-state index is 0.654.